The molecule has 1 N–H and O–H groups in total. The first-order chi connectivity index (χ1) is 12.2. The second-order valence-electron chi connectivity index (χ2n) is 6.02. The van der Waals surface area contributed by atoms with Gasteiger partial charge in [-0.1, -0.05) is 35.5 Å². The lowest BCUT2D eigenvalue weighted by Gasteiger charge is -2.23. The van der Waals surface area contributed by atoms with Crippen LogP contribution in [-0.4, -0.2) is 37.4 Å². The Labute approximate surface area is 144 Å². The summed E-state index contributed by atoms with van der Waals surface area (Å²) >= 11 is 0. The molecule has 0 radical (unpaired) electrons. The van der Waals surface area contributed by atoms with Crippen molar-refractivity contribution in [3.63, 3.8) is 0 Å². The third-order valence-electron chi connectivity index (χ3n) is 4.36. The summed E-state index contributed by atoms with van der Waals surface area (Å²) in [6.07, 6.45) is 3.45. The number of nitrogens with zero attached hydrogens (tertiary/aromatic N) is 5. The molecular formula is C17H18N6O2. The molecule has 1 aromatic carbocycles. The molecule has 0 bridgehead atoms. The molecule has 8 heteroatoms. The third kappa shape index (κ3) is 2.98. The molecule has 1 aliphatic rings. The number of urea groups is 1. The van der Waals surface area contributed by atoms with Gasteiger partial charge in [0.1, 0.15) is 6.33 Å². The smallest absolute Gasteiger partial charge is 0.323 e. The molecule has 128 valence electrons. The van der Waals surface area contributed by atoms with Crippen molar-refractivity contribution >= 4 is 11.8 Å². The number of nitrogens with one attached hydrogen (secondary N) is 1. The average molecular weight is 338 g/mol. The number of carbonyl (C=O) groups is 1. The highest BCUT2D eigenvalue weighted by Gasteiger charge is 2.33. The Balaban J connectivity index is 1.49. The average Bonchev–Trinajstić information content (AvgIpc) is 3.35. The predicted molar refractivity (Wildman–Crippen MR) is 90.6 cm³/mol. The zero-order chi connectivity index (χ0) is 17.2. The molecule has 0 aliphatic carbocycles. The van der Waals surface area contributed by atoms with Crippen molar-refractivity contribution in [1.29, 1.82) is 0 Å². The van der Waals surface area contributed by atoms with Crippen LogP contribution in [0.3, 0.4) is 0 Å². The van der Waals surface area contributed by atoms with Crippen LogP contribution < -0.4 is 5.32 Å². The zero-order valence-electron chi connectivity index (χ0n) is 13.8. The van der Waals surface area contributed by atoms with Crippen molar-refractivity contribution in [2.45, 2.75) is 18.9 Å². The van der Waals surface area contributed by atoms with Crippen molar-refractivity contribution in [3.8, 4) is 11.3 Å². The van der Waals surface area contributed by atoms with Gasteiger partial charge in [0.15, 0.2) is 17.4 Å². The van der Waals surface area contributed by atoms with Crippen LogP contribution >= 0.6 is 0 Å². The standard InChI is InChI=1S/C17H18N6O2/c1-22-11-18-20-16(22)13-8-5-9-23(13)17(24)19-15-10-14(25-21-15)12-6-3-2-4-7-12/h2-4,6-7,10-11,13H,5,8-9H2,1H3,(H,19,21,24)/t13-/m1/s1. The van der Waals surface area contributed by atoms with E-state index in [1.165, 1.54) is 0 Å². The molecule has 25 heavy (non-hydrogen) atoms. The molecule has 2 aromatic heterocycles. The van der Waals surface area contributed by atoms with E-state index in [-0.39, 0.29) is 12.1 Å². The summed E-state index contributed by atoms with van der Waals surface area (Å²) in [5.41, 5.74) is 0.911. The highest BCUT2D eigenvalue weighted by atomic mass is 16.5. The number of carbonyl (C=O) groups excluding carboxylic acids is 1. The largest absolute Gasteiger partial charge is 0.354 e. The fourth-order valence-electron chi connectivity index (χ4n) is 3.13. The minimum Gasteiger partial charge on any atom is -0.354 e. The first-order valence-electron chi connectivity index (χ1n) is 8.16. The number of hydrogen-bond donors (Lipinski definition) is 1. The first kappa shape index (κ1) is 15.4. The number of aryl methyl sites for hydroxylation is 1. The van der Waals surface area contributed by atoms with Gasteiger partial charge < -0.3 is 14.0 Å². The van der Waals surface area contributed by atoms with Crippen LogP contribution in [0.5, 0.6) is 0 Å². The summed E-state index contributed by atoms with van der Waals surface area (Å²) in [4.78, 5) is 14.4. The molecule has 1 saturated heterocycles. The summed E-state index contributed by atoms with van der Waals surface area (Å²) in [5.74, 6) is 1.80. The van der Waals surface area contributed by atoms with Crippen molar-refractivity contribution < 1.29 is 9.32 Å². The number of aromatic nitrogens is 4. The van der Waals surface area contributed by atoms with Gasteiger partial charge in [-0.3, -0.25) is 5.32 Å². The second kappa shape index (κ2) is 6.39. The number of amides is 2. The van der Waals surface area contributed by atoms with Crippen LogP contribution in [0.15, 0.2) is 47.2 Å². The van der Waals surface area contributed by atoms with Gasteiger partial charge >= 0.3 is 6.03 Å². The molecule has 0 spiro atoms. The van der Waals surface area contributed by atoms with Gasteiger partial charge in [-0.25, -0.2) is 4.79 Å². The molecule has 0 unspecified atom stereocenters. The van der Waals surface area contributed by atoms with Crippen molar-refractivity contribution in [2.75, 3.05) is 11.9 Å². The summed E-state index contributed by atoms with van der Waals surface area (Å²) in [7, 11) is 1.88. The van der Waals surface area contributed by atoms with Crippen molar-refractivity contribution in [1.82, 2.24) is 24.8 Å². The van der Waals surface area contributed by atoms with Gasteiger partial charge in [-0.05, 0) is 12.8 Å². The molecule has 3 heterocycles. The van der Waals surface area contributed by atoms with E-state index in [9.17, 15) is 4.79 Å². The first-order valence-corrected chi connectivity index (χ1v) is 8.16. The maximum Gasteiger partial charge on any atom is 0.323 e. The molecule has 4 rings (SSSR count). The molecule has 1 fully saturated rings. The lowest BCUT2D eigenvalue weighted by molar-refractivity contribution is 0.204. The highest BCUT2D eigenvalue weighted by Crippen LogP contribution is 2.31. The Bertz CT molecular complexity index is 872. The van der Waals surface area contributed by atoms with Gasteiger partial charge in [0.2, 0.25) is 0 Å². The molecule has 2 amide bonds. The molecule has 1 atom stereocenters. The van der Waals surface area contributed by atoms with E-state index in [1.807, 2.05) is 41.9 Å². The van der Waals surface area contributed by atoms with Crippen LogP contribution in [0.4, 0.5) is 10.6 Å². The maximum absolute atomic E-state index is 12.7. The molecule has 1 aliphatic heterocycles. The van der Waals surface area contributed by atoms with Gasteiger partial charge in [0, 0.05) is 25.2 Å². The fraction of sp³-hybridized carbons (Fsp3) is 0.294. The second-order valence-corrected chi connectivity index (χ2v) is 6.02. The Morgan fingerprint density at radius 2 is 2.16 bits per heavy atom. The summed E-state index contributed by atoms with van der Waals surface area (Å²) < 4.78 is 7.17. The van der Waals surface area contributed by atoms with E-state index < -0.39 is 0 Å². The predicted octanol–water partition coefficient (Wildman–Crippen LogP) is 2.84. The van der Waals surface area contributed by atoms with Gasteiger partial charge in [-0.15, -0.1) is 10.2 Å². The number of rotatable bonds is 3. The molecular weight excluding hydrogens is 320 g/mol. The van der Waals surface area contributed by atoms with Gasteiger partial charge in [-0.2, -0.15) is 0 Å². The molecule has 0 saturated carbocycles. The van der Waals surface area contributed by atoms with E-state index in [4.69, 9.17) is 4.52 Å². The van der Waals surface area contributed by atoms with Crippen LogP contribution in [0, 0.1) is 0 Å². The lowest BCUT2D eigenvalue weighted by Crippen LogP contribution is -2.35. The number of hydrogen-bond acceptors (Lipinski definition) is 5. The zero-order valence-corrected chi connectivity index (χ0v) is 13.8. The quantitative estimate of drug-likeness (QED) is 0.793. The number of benzene rings is 1. The van der Waals surface area contributed by atoms with Crippen LogP contribution in [0.2, 0.25) is 0 Å². The Kier molecular flexibility index (Phi) is 3.93. The van der Waals surface area contributed by atoms with E-state index in [0.29, 0.717) is 18.1 Å². The van der Waals surface area contributed by atoms with Crippen LogP contribution in [0.25, 0.3) is 11.3 Å². The molecule has 8 nitrogen and oxygen atoms in total. The normalized spacial score (nSPS) is 17.0. The Hall–Kier alpha value is -3.16. The van der Waals surface area contributed by atoms with E-state index >= 15 is 0 Å². The Morgan fingerprint density at radius 1 is 1.32 bits per heavy atom. The van der Waals surface area contributed by atoms with E-state index in [0.717, 1.165) is 24.2 Å². The summed E-state index contributed by atoms with van der Waals surface area (Å²) in [6.45, 7) is 0.673. The highest BCUT2D eigenvalue weighted by molar-refractivity contribution is 5.89. The summed E-state index contributed by atoms with van der Waals surface area (Å²) in [6, 6.07) is 11.1. The molecule has 3 aromatic rings. The van der Waals surface area contributed by atoms with Gasteiger partial charge in [0.05, 0.1) is 6.04 Å². The number of anilines is 1. The third-order valence-corrected chi connectivity index (χ3v) is 4.36. The topological polar surface area (TPSA) is 89.1 Å². The number of likely N-dealkylation sites (tertiary alicyclic amines) is 1. The SMILES string of the molecule is Cn1cnnc1[C@H]1CCCN1C(=O)Nc1cc(-c2ccccc2)on1. The summed E-state index contributed by atoms with van der Waals surface area (Å²) in [5, 5.41) is 14.8. The van der Waals surface area contributed by atoms with Crippen molar-refractivity contribution in [3.05, 3.63) is 48.5 Å². The van der Waals surface area contributed by atoms with E-state index in [2.05, 4.69) is 20.7 Å². The maximum atomic E-state index is 12.7. The fourth-order valence-corrected chi connectivity index (χ4v) is 3.13. The van der Waals surface area contributed by atoms with Crippen molar-refractivity contribution in [2.24, 2.45) is 7.05 Å². The van der Waals surface area contributed by atoms with Crippen LogP contribution in [-0.2, 0) is 7.05 Å². The van der Waals surface area contributed by atoms with Gasteiger partial charge in [0.25, 0.3) is 0 Å². The lowest BCUT2D eigenvalue weighted by atomic mass is 10.2. The van der Waals surface area contributed by atoms with Crippen LogP contribution in [0.1, 0.15) is 24.7 Å². The minimum atomic E-state index is -0.210. The minimum absolute atomic E-state index is 0.0759. The monoisotopic (exact) mass is 338 g/mol. The van der Waals surface area contributed by atoms with E-state index in [1.54, 1.807) is 17.3 Å². The Morgan fingerprint density at radius 3 is 2.92 bits per heavy atom.